The fourth-order valence-corrected chi connectivity index (χ4v) is 2.40. The number of nitrogens with one attached hydrogen (secondary N) is 2. The van der Waals surface area contributed by atoms with E-state index in [1.54, 1.807) is 12.1 Å². The molecule has 1 aliphatic carbocycles. The van der Waals surface area contributed by atoms with E-state index in [4.69, 9.17) is 4.74 Å². The molecule has 108 valence electrons. The molecule has 1 aliphatic rings. The van der Waals surface area contributed by atoms with Crippen LogP contribution in [0, 0.1) is 0 Å². The van der Waals surface area contributed by atoms with Gasteiger partial charge < -0.3 is 10.1 Å². The van der Waals surface area contributed by atoms with Crippen molar-refractivity contribution in [2.45, 2.75) is 31.7 Å². The second-order valence-corrected chi connectivity index (χ2v) is 5.66. The van der Waals surface area contributed by atoms with Gasteiger partial charge in [0.15, 0.2) is 6.61 Å². The smallest absolute Gasteiger partial charge is 0.321 e. The molecule has 0 aromatic heterocycles. The maximum Gasteiger partial charge on any atom is 0.321 e. The summed E-state index contributed by atoms with van der Waals surface area (Å²) >= 11 is 3.31. The minimum absolute atomic E-state index is 0.181. The van der Waals surface area contributed by atoms with Crippen LogP contribution < -0.4 is 15.4 Å². The van der Waals surface area contributed by atoms with Crippen molar-refractivity contribution >= 4 is 27.9 Å². The standard InChI is InChI=1S/C14H17BrN2O3/c15-10-5-7-12(8-6-10)20-9-13(18)17-14(19)16-11-3-1-2-4-11/h5-8,11H,1-4,9H2,(H2,16,17,18,19). The summed E-state index contributed by atoms with van der Waals surface area (Å²) in [6.07, 6.45) is 4.23. The van der Waals surface area contributed by atoms with Crippen LogP contribution >= 0.6 is 15.9 Å². The fraction of sp³-hybridized carbons (Fsp3) is 0.429. The van der Waals surface area contributed by atoms with Crippen LogP contribution in [-0.2, 0) is 4.79 Å². The number of carbonyl (C=O) groups is 2. The van der Waals surface area contributed by atoms with Crippen LogP contribution in [0.3, 0.4) is 0 Å². The molecule has 2 rings (SSSR count). The zero-order valence-electron chi connectivity index (χ0n) is 11.0. The van der Waals surface area contributed by atoms with E-state index in [1.165, 1.54) is 0 Å². The van der Waals surface area contributed by atoms with Gasteiger partial charge in [-0.05, 0) is 37.1 Å². The maximum absolute atomic E-state index is 11.6. The lowest BCUT2D eigenvalue weighted by molar-refractivity contribution is -0.122. The van der Waals surface area contributed by atoms with Crippen LogP contribution in [0.2, 0.25) is 0 Å². The van der Waals surface area contributed by atoms with Gasteiger partial charge in [0.05, 0.1) is 0 Å². The Labute approximate surface area is 126 Å². The Balaban J connectivity index is 1.69. The van der Waals surface area contributed by atoms with E-state index in [1.807, 2.05) is 12.1 Å². The second-order valence-electron chi connectivity index (χ2n) is 4.75. The summed E-state index contributed by atoms with van der Waals surface area (Å²) in [6, 6.07) is 6.88. The molecule has 0 unspecified atom stereocenters. The minimum Gasteiger partial charge on any atom is -0.484 e. The number of hydrogen-bond acceptors (Lipinski definition) is 3. The van der Waals surface area contributed by atoms with Crippen LogP contribution in [0.25, 0.3) is 0 Å². The Hall–Kier alpha value is -1.56. The number of ether oxygens (including phenoxy) is 1. The number of rotatable bonds is 4. The number of hydrogen-bond donors (Lipinski definition) is 2. The Morgan fingerprint density at radius 1 is 1.20 bits per heavy atom. The molecule has 0 heterocycles. The number of carbonyl (C=O) groups excluding carboxylic acids is 2. The minimum atomic E-state index is -0.455. The highest BCUT2D eigenvalue weighted by molar-refractivity contribution is 9.10. The van der Waals surface area contributed by atoms with Crippen molar-refractivity contribution in [3.8, 4) is 5.75 Å². The lowest BCUT2D eigenvalue weighted by Crippen LogP contribution is -2.45. The molecule has 6 heteroatoms. The Bertz CT molecular complexity index is 470. The highest BCUT2D eigenvalue weighted by atomic mass is 79.9. The van der Waals surface area contributed by atoms with E-state index in [9.17, 15) is 9.59 Å². The maximum atomic E-state index is 11.6. The quantitative estimate of drug-likeness (QED) is 0.885. The van der Waals surface area contributed by atoms with Crippen LogP contribution in [0.4, 0.5) is 4.79 Å². The van der Waals surface area contributed by atoms with E-state index in [-0.39, 0.29) is 12.6 Å². The van der Waals surface area contributed by atoms with Gasteiger partial charge in [0.25, 0.3) is 5.91 Å². The number of urea groups is 1. The second kappa shape index (κ2) is 7.28. The third-order valence-corrected chi connectivity index (χ3v) is 3.66. The summed E-state index contributed by atoms with van der Waals surface area (Å²) in [6.45, 7) is -0.181. The van der Waals surface area contributed by atoms with Gasteiger partial charge in [0, 0.05) is 10.5 Å². The zero-order valence-corrected chi connectivity index (χ0v) is 12.6. The molecular formula is C14H17BrN2O3. The van der Waals surface area contributed by atoms with E-state index in [2.05, 4.69) is 26.6 Å². The molecule has 2 N–H and O–H groups in total. The monoisotopic (exact) mass is 340 g/mol. The molecule has 0 spiro atoms. The highest BCUT2D eigenvalue weighted by Gasteiger charge is 2.18. The summed E-state index contributed by atoms with van der Waals surface area (Å²) in [5.41, 5.74) is 0. The summed E-state index contributed by atoms with van der Waals surface area (Å²) < 4.78 is 6.22. The van der Waals surface area contributed by atoms with Gasteiger partial charge in [-0.3, -0.25) is 10.1 Å². The molecule has 1 saturated carbocycles. The molecule has 0 aliphatic heterocycles. The number of amides is 3. The summed E-state index contributed by atoms with van der Waals surface area (Å²) in [7, 11) is 0. The van der Waals surface area contributed by atoms with Gasteiger partial charge in [0.1, 0.15) is 5.75 Å². The van der Waals surface area contributed by atoms with Crippen LogP contribution in [0.1, 0.15) is 25.7 Å². The Kier molecular flexibility index (Phi) is 5.40. The molecule has 0 saturated heterocycles. The Morgan fingerprint density at radius 2 is 1.85 bits per heavy atom. The lowest BCUT2D eigenvalue weighted by atomic mass is 10.2. The van der Waals surface area contributed by atoms with E-state index < -0.39 is 11.9 Å². The molecule has 1 aromatic carbocycles. The third-order valence-electron chi connectivity index (χ3n) is 3.13. The summed E-state index contributed by atoms with van der Waals surface area (Å²) in [5.74, 6) is 0.128. The van der Waals surface area contributed by atoms with Gasteiger partial charge >= 0.3 is 6.03 Å². The molecule has 1 aromatic rings. The largest absolute Gasteiger partial charge is 0.484 e. The average molecular weight is 341 g/mol. The first-order valence-electron chi connectivity index (χ1n) is 6.62. The zero-order chi connectivity index (χ0) is 14.4. The number of halogens is 1. The van der Waals surface area contributed by atoms with E-state index in [0.29, 0.717) is 5.75 Å². The van der Waals surface area contributed by atoms with Crippen molar-refractivity contribution in [2.75, 3.05) is 6.61 Å². The van der Waals surface area contributed by atoms with Gasteiger partial charge in [0.2, 0.25) is 0 Å². The average Bonchev–Trinajstić information content (AvgIpc) is 2.90. The normalized spacial score (nSPS) is 14.8. The molecule has 3 amide bonds. The first-order valence-corrected chi connectivity index (χ1v) is 7.41. The van der Waals surface area contributed by atoms with Crippen molar-refractivity contribution in [3.05, 3.63) is 28.7 Å². The van der Waals surface area contributed by atoms with Crippen LogP contribution in [-0.4, -0.2) is 24.6 Å². The number of benzene rings is 1. The van der Waals surface area contributed by atoms with E-state index in [0.717, 1.165) is 30.2 Å². The molecular weight excluding hydrogens is 324 g/mol. The van der Waals surface area contributed by atoms with Crippen molar-refractivity contribution in [3.63, 3.8) is 0 Å². The van der Waals surface area contributed by atoms with Gasteiger partial charge in [-0.1, -0.05) is 28.8 Å². The number of imide groups is 1. The molecule has 0 atom stereocenters. The molecule has 0 bridgehead atoms. The van der Waals surface area contributed by atoms with Gasteiger partial charge in [-0.25, -0.2) is 4.79 Å². The first kappa shape index (κ1) is 14.8. The van der Waals surface area contributed by atoms with Gasteiger partial charge in [-0.15, -0.1) is 0 Å². The van der Waals surface area contributed by atoms with Gasteiger partial charge in [-0.2, -0.15) is 0 Å². The predicted molar refractivity (Wildman–Crippen MR) is 78.6 cm³/mol. The molecule has 20 heavy (non-hydrogen) atoms. The van der Waals surface area contributed by atoms with Crippen LogP contribution in [0.15, 0.2) is 28.7 Å². The SMILES string of the molecule is O=C(COc1ccc(Br)cc1)NC(=O)NC1CCCC1. The topological polar surface area (TPSA) is 67.4 Å². The summed E-state index contributed by atoms with van der Waals surface area (Å²) in [4.78, 5) is 23.1. The molecule has 0 radical (unpaired) electrons. The third kappa shape index (κ3) is 4.85. The predicted octanol–water partition coefficient (Wildman–Crippen LogP) is 2.60. The Morgan fingerprint density at radius 3 is 2.50 bits per heavy atom. The first-order chi connectivity index (χ1) is 9.63. The van der Waals surface area contributed by atoms with Crippen molar-refractivity contribution in [1.29, 1.82) is 0 Å². The van der Waals surface area contributed by atoms with Crippen molar-refractivity contribution in [1.82, 2.24) is 10.6 Å². The molecule has 5 nitrogen and oxygen atoms in total. The van der Waals surface area contributed by atoms with Crippen molar-refractivity contribution in [2.24, 2.45) is 0 Å². The molecule has 1 fully saturated rings. The highest BCUT2D eigenvalue weighted by Crippen LogP contribution is 2.17. The fourth-order valence-electron chi connectivity index (χ4n) is 2.13. The van der Waals surface area contributed by atoms with Crippen molar-refractivity contribution < 1.29 is 14.3 Å². The lowest BCUT2D eigenvalue weighted by Gasteiger charge is -2.12. The summed E-state index contributed by atoms with van der Waals surface area (Å²) in [5, 5.41) is 5.05. The van der Waals surface area contributed by atoms with Crippen LogP contribution in [0.5, 0.6) is 5.75 Å². The van der Waals surface area contributed by atoms with E-state index >= 15 is 0 Å².